The first kappa shape index (κ1) is 29.6. The lowest BCUT2D eigenvalue weighted by Crippen LogP contribution is -2.45. The van der Waals surface area contributed by atoms with Crippen molar-refractivity contribution in [2.75, 3.05) is 28.9 Å². The van der Waals surface area contributed by atoms with Gasteiger partial charge in [0, 0.05) is 60.0 Å². The number of alkyl halides is 5. The fourth-order valence-corrected chi connectivity index (χ4v) is 5.45. The van der Waals surface area contributed by atoms with Gasteiger partial charge < -0.3 is 10.6 Å². The van der Waals surface area contributed by atoms with E-state index in [2.05, 4.69) is 25.6 Å². The Hall–Kier alpha value is -3.40. The van der Waals surface area contributed by atoms with E-state index in [1.165, 1.54) is 29.1 Å². The molecule has 4 rings (SSSR count). The topological polar surface area (TPSA) is 131 Å². The summed E-state index contributed by atoms with van der Waals surface area (Å²) in [5.41, 5.74) is 0.482. The second-order valence-electron chi connectivity index (χ2n) is 9.85. The molecule has 2 atom stereocenters. The molecular formula is C24H28F5N7O3S. The second kappa shape index (κ2) is 11.6. The third-order valence-electron chi connectivity index (χ3n) is 6.35. The minimum absolute atomic E-state index is 0.193. The third-order valence-corrected chi connectivity index (χ3v) is 7.61. The maximum atomic E-state index is 13.5. The number of nitrogens with one attached hydrogen (secondary N) is 3. The highest BCUT2D eigenvalue weighted by Crippen LogP contribution is 2.25. The van der Waals surface area contributed by atoms with E-state index in [0.717, 1.165) is 0 Å². The summed E-state index contributed by atoms with van der Waals surface area (Å²) in [5.74, 6) is -1.94. The number of halogens is 5. The predicted molar refractivity (Wildman–Crippen MR) is 140 cm³/mol. The van der Waals surface area contributed by atoms with Crippen LogP contribution in [0.15, 0.2) is 35.4 Å². The van der Waals surface area contributed by atoms with E-state index in [0.29, 0.717) is 23.1 Å². The maximum absolute atomic E-state index is 13.5. The first-order valence-corrected chi connectivity index (χ1v) is 14.1. The van der Waals surface area contributed by atoms with Crippen molar-refractivity contribution in [3.05, 3.63) is 40.9 Å². The van der Waals surface area contributed by atoms with Gasteiger partial charge in [-0.05, 0) is 38.5 Å². The summed E-state index contributed by atoms with van der Waals surface area (Å²) in [6.45, 7) is 4.26. The van der Waals surface area contributed by atoms with E-state index in [-0.39, 0.29) is 42.4 Å². The van der Waals surface area contributed by atoms with Crippen LogP contribution < -0.4 is 20.9 Å². The van der Waals surface area contributed by atoms with Gasteiger partial charge in [-0.1, -0.05) is 0 Å². The SMILES string of the molecule is CC(C)n1c(=O)c(-c2ccc(NS(=O)(=O)CCC(F)(F)F)nc2)cc2cnc(N[C@@H]3CNCC(C(F)F)C3)nc21. The molecule has 1 aliphatic rings. The van der Waals surface area contributed by atoms with E-state index in [1.54, 1.807) is 19.9 Å². The zero-order valence-corrected chi connectivity index (χ0v) is 22.4. The summed E-state index contributed by atoms with van der Waals surface area (Å²) in [7, 11) is -4.28. The number of hydrogen-bond donors (Lipinski definition) is 3. The molecule has 0 aromatic carbocycles. The van der Waals surface area contributed by atoms with Crippen LogP contribution in [0.4, 0.5) is 33.7 Å². The number of aromatic nitrogens is 4. The summed E-state index contributed by atoms with van der Waals surface area (Å²) < 4.78 is 90.9. The van der Waals surface area contributed by atoms with Crippen LogP contribution in [0.1, 0.15) is 32.7 Å². The lowest BCUT2D eigenvalue weighted by atomic mass is 9.96. The number of rotatable bonds is 9. The zero-order valence-electron chi connectivity index (χ0n) is 21.5. The van der Waals surface area contributed by atoms with Crippen LogP contribution >= 0.6 is 0 Å². The molecule has 3 aromatic rings. The third kappa shape index (κ3) is 7.21. The van der Waals surface area contributed by atoms with Gasteiger partial charge in [-0.25, -0.2) is 27.2 Å². The van der Waals surface area contributed by atoms with Gasteiger partial charge in [0.1, 0.15) is 11.5 Å². The highest BCUT2D eigenvalue weighted by molar-refractivity contribution is 7.92. The van der Waals surface area contributed by atoms with E-state index < -0.39 is 46.3 Å². The van der Waals surface area contributed by atoms with Gasteiger partial charge in [-0.3, -0.25) is 14.1 Å². The molecule has 1 aliphatic heterocycles. The quantitative estimate of drug-likeness (QED) is 0.322. The maximum Gasteiger partial charge on any atom is 0.390 e. The number of fused-ring (bicyclic) bond motifs is 1. The Bertz CT molecular complexity index is 1510. The molecule has 218 valence electrons. The minimum Gasteiger partial charge on any atom is -0.350 e. The Labute approximate surface area is 226 Å². The van der Waals surface area contributed by atoms with Crippen LogP contribution in [0.2, 0.25) is 0 Å². The first-order chi connectivity index (χ1) is 18.7. The molecule has 1 fully saturated rings. The van der Waals surface area contributed by atoms with Crippen LogP contribution in [0, 0.1) is 5.92 Å². The predicted octanol–water partition coefficient (Wildman–Crippen LogP) is 3.78. The van der Waals surface area contributed by atoms with Crippen LogP contribution in [-0.2, 0) is 10.0 Å². The molecule has 0 radical (unpaired) electrons. The Morgan fingerprint density at radius 3 is 2.52 bits per heavy atom. The molecule has 1 saturated heterocycles. The first-order valence-electron chi connectivity index (χ1n) is 12.4. The van der Waals surface area contributed by atoms with Gasteiger partial charge in [-0.15, -0.1) is 0 Å². The summed E-state index contributed by atoms with van der Waals surface area (Å²) >= 11 is 0. The molecule has 0 bridgehead atoms. The van der Waals surface area contributed by atoms with Crippen molar-refractivity contribution >= 4 is 32.8 Å². The molecule has 0 spiro atoms. The average molecular weight is 590 g/mol. The number of pyridine rings is 2. The molecular weight excluding hydrogens is 561 g/mol. The molecule has 4 heterocycles. The summed E-state index contributed by atoms with van der Waals surface area (Å²) in [6.07, 6.45) is -5.59. The van der Waals surface area contributed by atoms with Crippen molar-refractivity contribution in [2.24, 2.45) is 5.92 Å². The Balaban J connectivity index is 1.60. The van der Waals surface area contributed by atoms with Crippen LogP contribution in [0.5, 0.6) is 0 Å². The number of anilines is 2. The summed E-state index contributed by atoms with van der Waals surface area (Å²) in [6, 6.07) is 3.58. The molecule has 0 aliphatic carbocycles. The van der Waals surface area contributed by atoms with Gasteiger partial charge >= 0.3 is 6.18 Å². The van der Waals surface area contributed by atoms with Crippen molar-refractivity contribution in [3.63, 3.8) is 0 Å². The molecule has 0 amide bonds. The summed E-state index contributed by atoms with van der Waals surface area (Å²) in [4.78, 5) is 26.2. The number of piperidine rings is 1. The monoisotopic (exact) mass is 589 g/mol. The van der Waals surface area contributed by atoms with Crippen molar-refractivity contribution in [1.82, 2.24) is 24.8 Å². The molecule has 3 N–H and O–H groups in total. The molecule has 40 heavy (non-hydrogen) atoms. The number of sulfonamides is 1. The normalized spacial score (nSPS) is 18.4. The lowest BCUT2D eigenvalue weighted by Gasteiger charge is -2.30. The van der Waals surface area contributed by atoms with E-state index in [4.69, 9.17) is 0 Å². The molecule has 1 unspecified atom stereocenters. The second-order valence-corrected chi connectivity index (χ2v) is 11.7. The Morgan fingerprint density at radius 1 is 1.15 bits per heavy atom. The van der Waals surface area contributed by atoms with Crippen LogP contribution in [0.25, 0.3) is 22.2 Å². The van der Waals surface area contributed by atoms with E-state index >= 15 is 0 Å². The zero-order chi connectivity index (χ0) is 29.2. The number of nitrogens with zero attached hydrogens (tertiary/aromatic N) is 4. The average Bonchev–Trinajstić information content (AvgIpc) is 2.87. The molecule has 3 aromatic heterocycles. The standard InChI is InChI=1S/C24H28F5N7O3S/c1-13(2)36-21-16(11-32-23(34-21)33-17-7-15(20(25)26)9-30-12-17)8-18(22(36)37)14-3-4-19(31-10-14)35-40(38,39)6-5-24(27,28)29/h3-4,8,10-11,13,15,17,20,30H,5-7,9,12H2,1-2H3,(H,31,35)(H,32,33,34)/t15?,17-/m0/s1. The van der Waals surface area contributed by atoms with Crippen LogP contribution in [0.3, 0.4) is 0 Å². The Morgan fingerprint density at radius 2 is 1.90 bits per heavy atom. The van der Waals surface area contributed by atoms with Crippen molar-refractivity contribution < 1.29 is 30.4 Å². The van der Waals surface area contributed by atoms with Gasteiger partial charge in [0.2, 0.25) is 22.4 Å². The van der Waals surface area contributed by atoms with E-state index in [9.17, 15) is 35.2 Å². The minimum atomic E-state index is -4.62. The fraction of sp³-hybridized carbons (Fsp3) is 0.500. The lowest BCUT2D eigenvalue weighted by molar-refractivity contribution is -0.129. The van der Waals surface area contributed by atoms with Crippen molar-refractivity contribution in [3.8, 4) is 11.1 Å². The van der Waals surface area contributed by atoms with Gasteiger partial charge in [0.05, 0.1) is 12.2 Å². The Kier molecular flexibility index (Phi) is 8.58. The van der Waals surface area contributed by atoms with Crippen molar-refractivity contribution in [1.29, 1.82) is 0 Å². The van der Waals surface area contributed by atoms with Crippen molar-refractivity contribution in [2.45, 2.75) is 51.4 Å². The van der Waals surface area contributed by atoms with E-state index in [1.807, 2.05) is 4.72 Å². The largest absolute Gasteiger partial charge is 0.390 e. The number of hydrogen-bond acceptors (Lipinski definition) is 8. The fourth-order valence-electron chi connectivity index (χ4n) is 4.41. The van der Waals surface area contributed by atoms with Gasteiger partial charge in [-0.2, -0.15) is 18.2 Å². The summed E-state index contributed by atoms with van der Waals surface area (Å²) in [5, 5.41) is 6.56. The van der Waals surface area contributed by atoms with Crippen LogP contribution in [-0.4, -0.2) is 65.4 Å². The molecule has 10 nitrogen and oxygen atoms in total. The highest BCUT2D eigenvalue weighted by Gasteiger charge is 2.30. The molecule has 0 saturated carbocycles. The molecule has 16 heteroatoms. The highest BCUT2D eigenvalue weighted by atomic mass is 32.2. The van der Waals surface area contributed by atoms with Gasteiger partial charge in [0.15, 0.2) is 0 Å². The smallest absolute Gasteiger partial charge is 0.350 e. The van der Waals surface area contributed by atoms with Gasteiger partial charge in [0.25, 0.3) is 5.56 Å².